The predicted octanol–water partition coefficient (Wildman–Crippen LogP) is 4.99. The molecule has 0 saturated heterocycles. The minimum atomic E-state index is -0.310. The molecule has 5 heteroatoms. The van der Waals surface area contributed by atoms with Crippen LogP contribution >= 0.6 is 0 Å². The molecular formula is C22H24N2O3. The van der Waals surface area contributed by atoms with Gasteiger partial charge in [0.1, 0.15) is 18.1 Å². The first-order valence-corrected chi connectivity index (χ1v) is 9.03. The number of nitrogens with zero attached hydrogens (tertiary/aromatic N) is 1. The van der Waals surface area contributed by atoms with E-state index in [-0.39, 0.29) is 18.2 Å². The molecule has 0 radical (unpaired) electrons. The Morgan fingerprint density at radius 2 is 1.85 bits per heavy atom. The molecule has 0 aliphatic carbocycles. The molecular weight excluding hydrogens is 340 g/mol. The van der Waals surface area contributed by atoms with Crippen molar-refractivity contribution in [3.8, 4) is 5.75 Å². The molecule has 1 heterocycles. The number of carbonyl (C=O) groups excluding carboxylic acids is 1. The monoisotopic (exact) mass is 364 g/mol. The van der Waals surface area contributed by atoms with Crippen molar-refractivity contribution in [3.05, 3.63) is 76.2 Å². The number of rotatable bonds is 6. The van der Waals surface area contributed by atoms with E-state index in [1.54, 1.807) is 6.92 Å². The van der Waals surface area contributed by atoms with Gasteiger partial charge in [0.25, 0.3) is 5.91 Å². The largest absolute Gasteiger partial charge is 0.488 e. The second-order valence-corrected chi connectivity index (χ2v) is 6.63. The fourth-order valence-electron chi connectivity index (χ4n) is 2.77. The van der Waals surface area contributed by atoms with E-state index in [1.165, 1.54) is 5.56 Å². The van der Waals surface area contributed by atoms with Gasteiger partial charge in [-0.25, -0.2) is 0 Å². The van der Waals surface area contributed by atoms with Gasteiger partial charge in [-0.15, -0.1) is 0 Å². The van der Waals surface area contributed by atoms with Crippen LogP contribution in [-0.4, -0.2) is 11.1 Å². The van der Waals surface area contributed by atoms with Gasteiger partial charge in [0.05, 0.1) is 5.56 Å². The molecule has 27 heavy (non-hydrogen) atoms. The number of nitrogens with one attached hydrogen (secondary N) is 1. The maximum atomic E-state index is 12.6. The summed E-state index contributed by atoms with van der Waals surface area (Å²) in [5.74, 6) is 1.06. The summed E-state index contributed by atoms with van der Waals surface area (Å²) in [6, 6.07) is 13.8. The molecule has 1 aromatic heterocycles. The zero-order valence-electron chi connectivity index (χ0n) is 16.1. The average Bonchev–Trinajstić information content (AvgIpc) is 3.04. The van der Waals surface area contributed by atoms with E-state index in [0.717, 1.165) is 29.0 Å². The lowest BCUT2D eigenvalue weighted by Gasteiger charge is -2.10. The van der Waals surface area contributed by atoms with Crippen LogP contribution in [0.1, 0.15) is 45.4 Å². The topological polar surface area (TPSA) is 64.4 Å². The van der Waals surface area contributed by atoms with Gasteiger partial charge < -0.3 is 14.6 Å². The highest BCUT2D eigenvalue weighted by Crippen LogP contribution is 2.23. The Labute approximate surface area is 159 Å². The number of hydrogen-bond donors (Lipinski definition) is 1. The second kappa shape index (κ2) is 8.08. The zero-order valence-corrected chi connectivity index (χ0v) is 16.1. The van der Waals surface area contributed by atoms with Crippen molar-refractivity contribution in [2.75, 3.05) is 5.32 Å². The van der Waals surface area contributed by atoms with Crippen LogP contribution in [-0.2, 0) is 13.0 Å². The van der Waals surface area contributed by atoms with Crippen LogP contribution in [0.3, 0.4) is 0 Å². The molecule has 0 unspecified atom stereocenters. The lowest BCUT2D eigenvalue weighted by molar-refractivity contribution is 0.101. The molecule has 0 saturated carbocycles. The van der Waals surface area contributed by atoms with Gasteiger partial charge in [-0.2, -0.15) is 0 Å². The summed E-state index contributed by atoms with van der Waals surface area (Å²) >= 11 is 0. The van der Waals surface area contributed by atoms with Crippen molar-refractivity contribution in [1.82, 2.24) is 5.16 Å². The Bertz CT molecular complexity index is 943. The van der Waals surface area contributed by atoms with Crippen molar-refractivity contribution in [1.29, 1.82) is 0 Å². The van der Waals surface area contributed by atoms with Crippen molar-refractivity contribution in [3.63, 3.8) is 0 Å². The number of aryl methyl sites for hydroxylation is 4. The minimum absolute atomic E-state index is 0.219. The highest BCUT2D eigenvalue weighted by Gasteiger charge is 2.21. The van der Waals surface area contributed by atoms with Crippen LogP contribution in [0.5, 0.6) is 5.75 Å². The summed E-state index contributed by atoms with van der Waals surface area (Å²) in [5.41, 5.74) is 4.99. The first kappa shape index (κ1) is 18.7. The summed E-state index contributed by atoms with van der Waals surface area (Å²) in [6.45, 7) is 8.09. The fourth-order valence-corrected chi connectivity index (χ4v) is 2.77. The highest BCUT2D eigenvalue weighted by atomic mass is 16.5. The molecule has 2 aromatic carbocycles. The second-order valence-electron chi connectivity index (χ2n) is 6.63. The van der Waals surface area contributed by atoms with E-state index in [9.17, 15) is 4.79 Å². The van der Waals surface area contributed by atoms with Crippen LogP contribution in [0.2, 0.25) is 0 Å². The molecule has 3 rings (SSSR count). The third-order valence-electron chi connectivity index (χ3n) is 4.54. The van der Waals surface area contributed by atoms with Gasteiger partial charge in [0, 0.05) is 5.69 Å². The summed E-state index contributed by atoms with van der Waals surface area (Å²) in [5, 5.41) is 6.80. The molecule has 0 atom stereocenters. The van der Waals surface area contributed by atoms with Crippen molar-refractivity contribution in [2.24, 2.45) is 0 Å². The SMILES string of the molecule is CCc1ccc(NC(=O)c2noc(C)c2COc2cc(C)ccc2C)cc1. The van der Waals surface area contributed by atoms with Crippen LogP contribution in [0, 0.1) is 20.8 Å². The Morgan fingerprint density at radius 3 is 2.56 bits per heavy atom. The third-order valence-corrected chi connectivity index (χ3v) is 4.54. The summed E-state index contributed by atoms with van der Waals surface area (Å²) < 4.78 is 11.2. The van der Waals surface area contributed by atoms with Gasteiger partial charge in [-0.3, -0.25) is 4.79 Å². The zero-order chi connectivity index (χ0) is 19.4. The van der Waals surface area contributed by atoms with Gasteiger partial charge in [0.2, 0.25) is 0 Å². The molecule has 0 bridgehead atoms. The van der Waals surface area contributed by atoms with E-state index in [0.29, 0.717) is 11.3 Å². The summed E-state index contributed by atoms with van der Waals surface area (Å²) in [6.07, 6.45) is 0.955. The smallest absolute Gasteiger partial charge is 0.278 e. The van der Waals surface area contributed by atoms with Gasteiger partial charge in [-0.05, 0) is 62.1 Å². The molecule has 0 fully saturated rings. The first-order valence-electron chi connectivity index (χ1n) is 9.03. The normalized spacial score (nSPS) is 10.7. The fraction of sp³-hybridized carbons (Fsp3) is 0.273. The number of aromatic nitrogens is 1. The van der Waals surface area contributed by atoms with Crippen LogP contribution in [0.15, 0.2) is 47.0 Å². The number of benzene rings is 2. The maximum Gasteiger partial charge on any atom is 0.278 e. The lowest BCUT2D eigenvalue weighted by atomic mass is 10.1. The molecule has 0 aliphatic heterocycles. The van der Waals surface area contributed by atoms with Crippen molar-refractivity contribution in [2.45, 2.75) is 40.7 Å². The van der Waals surface area contributed by atoms with E-state index in [2.05, 4.69) is 17.4 Å². The number of hydrogen-bond acceptors (Lipinski definition) is 4. The third kappa shape index (κ3) is 4.37. The van der Waals surface area contributed by atoms with Gasteiger partial charge in [-0.1, -0.05) is 36.3 Å². The average molecular weight is 364 g/mol. The first-order chi connectivity index (χ1) is 13.0. The predicted molar refractivity (Wildman–Crippen MR) is 105 cm³/mol. The quantitative estimate of drug-likeness (QED) is 0.669. The van der Waals surface area contributed by atoms with Crippen LogP contribution in [0.4, 0.5) is 5.69 Å². The van der Waals surface area contributed by atoms with Crippen LogP contribution in [0.25, 0.3) is 0 Å². The van der Waals surface area contributed by atoms with Gasteiger partial charge in [0.15, 0.2) is 5.69 Å². The number of carbonyl (C=O) groups is 1. The van der Waals surface area contributed by atoms with E-state index in [4.69, 9.17) is 9.26 Å². The lowest BCUT2D eigenvalue weighted by Crippen LogP contribution is -2.15. The summed E-state index contributed by atoms with van der Waals surface area (Å²) in [7, 11) is 0. The van der Waals surface area contributed by atoms with Crippen molar-refractivity contribution < 1.29 is 14.1 Å². The molecule has 3 aromatic rings. The Kier molecular flexibility index (Phi) is 5.60. The molecule has 140 valence electrons. The maximum absolute atomic E-state index is 12.6. The molecule has 1 N–H and O–H groups in total. The Morgan fingerprint density at radius 1 is 1.11 bits per heavy atom. The minimum Gasteiger partial charge on any atom is -0.488 e. The number of amides is 1. The molecule has 0 spiro atoms. The number of ether oxygens (including phenoxy) is 1. The van der Waals surface area contributed by atoms with E-state index < -0.39 is 0 Å². The van der Waals surface area contributed by atoms with Gasteiger partial charge >= 0.3 is 0 Å². The van der Waals surface area contributed by atoms with Crippen molar-refractivity contribution >= 4 is 11.6 Å². The number of anilines is 1. The summed E-state index contributed by atoms with van der Waals surface area (Å²) in [4.78, 5) is 12.6. The van der Waals surface area contributed by atoms with Crippen LogP contribution < -0.4 is 10.1 Å². The van der Waals surface area contributed by atoms with E-state index in [1.807, 2.05) is 56.3 Å². The Hall–Kier alpha value is -3.08. The standard InChI is InChI=1S/C22H24N2O3/c1-5-17-8-10-18(11-9-17)23-22(25)21-19(16(4)27-24-21)13-26-20-12-14(2)6-7-15(20)3/h6-12H,5,13H2,1-4H3,(H,23,25). The van der Waals surface area contributed by atoms with E-state index >= 15 is 0 Å². The molecule has 5 nitrogen and oxygen atoms in total. The molecule has 1 amide bonds. The Balaban J connectivity index is 1.75. The molecule has 0 aliphatic rings. The highest BCUT2D eigenvalue weighted by molar-refractivity contribution is 6.03.